The van der Waals surface area contributed by atoms with Crippen molar-refractivity contribution in [3.05, 3.63) is 47.7 Å². The van der Waals surface area contributed by atoms with Crippen LogP contribution in [0.25, 0.3) is 0 Å². The number of aliphatic carboxylic acids is 1. The van der Waals surface area contributed by atoms with Gasteiger partial charge in [0.1, 0.15) is 11.6 Å². The molecule has 1 heterocycles. The molecule has 1 aromatic carbocycles. The Hall–Kier alpha value is -2.85. The maximum atomic E-state index is 11.9. The Bertz CT molecular complexity index is 659. The molecule has 0 bridgehead atoms. The molecule has 1 aliphatic rings. The molecule has 0 saturated carbocycles. The van der Waals surface area contributed by atoms with Crippen molar-refractivity contribution in [3.8, 4) is 6.07 Å². The van der Waals surface area contributed by atoms with Gasteiger partial charge >= 0.3 is 5.97 Å². The van der Waals surface area contributed by atoms with E-state index in [-0.39, 0.29) is 18.5 Å². The number of nitriles is 1. The van der Waals surface area contributed by atoms with Gasteiger partial charge in [0, 0.05) is 45.5 Å². The molecule has 1 aromatic rings. The lowest BCUT2D eigenvalue weighted by atomic mass is 10.2. The maximum absolute atomic E-state index is 11.9. The molecule has 1 saturated heterocycles. The second-order valence-corrected chi connectivity index (χ2v) is 5.85. The van der Waals surface area contributed by atoms with Gasteiger partial charge in [-0.1, -0.05) is 30.3 Å². The molecule has 2 N–H and O–H groups in total. The second kappa shape index (κ2) is 9.45. The van der Waals surface area contributed by atoms with Gasteiger partial charge in [0.05, 0.1) is 6.42 Å². The molecule has 0 atom stereocenters. The Kier molecular flexibility index (Phi) is 6.99. The minimum Gasteiger partial charge on any atom is -0.481 e. The third-order valence-electron chi connectivity index (χ3n) is 3.96. The van der Waals surface area contributed by atoms with Crippen LogP contribution in [0.1, 0.15) is 12.0 Å². The summed E-state index contributed by atoms with van der Waals surface area (Å²) in [5.74, 6) is -1.52. The van der Waals surface area contributed by atoms with Gasteiger partial charge in [-0.05, 0) is 5.56 Å². The monoisotopic (exact) mass is 342 g/mol. The van der Waals surface area contributed by atoms with Gasteiger partial charge in [0.15, 0.2) is 0 Å². The number of carbonyl (C=O) groups excluding carboxylic acids is 1. The molecule has 0 unspecified atom stereocenters. The van der Waals surface area contributed by atoms with E-state index in [4.69, 9.17) is 10.4 Å². The number of carboxylic acids is 1. The summed E-state index contributed by atoms with van der Waals surface area (Å²) in [7, 11) is 0. The van der Waals surface area contributed by atoms with Gasteiger partial charge in [0.25, 0.3) is 5.91 Å². The lowest BCUT2D eigenvalue weighted by Crippen LogP contribution is -2.44. The summed E-state index contributed by atoms with van der Waals surface area (Å²) in [5, 5.41) is 20.2. The number of amides is 1. The first-order valence-electron chi connectivity index (χ1n) is 8.20. The summed E-state index contributed by atoms with van der Waals surface area (Å²) in [4.78, 5) is 26.6. The zero-order valence-electron chi connectivity index (χ0n) is 14.0. The van der Waals surface area contributed by atoms with Crippen LogP contribution in [0.2, 0.25) is 0 Å². The highest BCUT2D eigenvalue weighted by Crippen LogP contribution is 2.09. The van der Waals surface area contributed by atoms with E-state index in [1.165, 1.54) is 5.56 Å². The first-order valence-corrected chi connectivity index (χ1v) is 8.20. The number of carboxylic acid groups (broad SMARTS) is 1. The van der Waals surface area contributed by atoms with E-state index in [1.807, 2.05) is 29.2 Å². The Morgan fingerprint density at radius 2 is 1.88 bits per heavy atom. The van der Waals surface area contributed by atoms with Crippen LogP contribution < -0.4 is 5.32 Å². The highest BCUT2D eigenvalue weighted by atomic mass is 16.4. The van der Waals surface area contributed by atoms with Gasteiger partial charge in [-0.15, -0.1) is 0 Å². The maximum Gasteiger partial charge on any atom is 0.305 e. The number of nitrogens with one attached hydrogen (secondary N) is 1. The number of piperazine rings is 1. The number of hydrogen-bond donors (Lipinski definition) is 2. The molecule has 0 spiro atoms. The number of rotatable bonds is 7. The highest BCUT2D eigenvalue weighted by Gasteiger charge is 2.17. The van der Waals surface area contributed by atoms with Crippen LogP contribution in [0.15, 0.2) is 42.1 Å². The first kappa shape index (κ1) is 18.5. The van der Waals surface area contributed by atoms with Crippen LogP contribution in [0.3, 0.4) is 0 Å². The SMILES string of the molecule is N#C/C(=C/N1CCN(Cc2ccccc2)CC1)C(=O)NCCC(=O)O. The summed E-state index contributed by atoms with van der Waals surface area (Å²) in [5.41, 5.74) is 1.27. The predicted octanol–water partition coefficient (Wildman–Crippen LogP) is 0.803. The molecule has 1 fully saturated rings. The molecule has 1 aliphatic heterocycles. The molecule has 0 aliphatic carbocycles. The van der Waals surface area contributed by atoms with Gasteiger partial charge in [0.2, 0.25) is 0 Å². The third-order valence-corrected chi connectivity index (χ3v) is 3.96. The van der Waals surface area contributed by atoms with Crippen LogP contribution in [0.4, 0.5) is 0 Å². The van der Waals surface area contributed by atoms with E-state index < -0.39 is 11.9 Å². The largest absolute Gasteiger partial charge is 0.481 e. The zero-order chi connectivity index (χ0) is 18.1. The summed E-state index contributed by atoms with van der Waals surface area (Å²) in [6, 6.07) is 12.1. The predicted molar refractivity (Wildman–Crippen MR) is 92.3 cm³/mol. The molecular weight excluding hydrogens is 320 g/mol. The number of hydrogen-bond acceptors (Lipinski definition) is 5. The van der Waals surface area contributed by atoms with Crippen LogP contribution in [-0.2, 0) is 16.1 Å². The summed E-state index contributed by atoms with van der Waals surface area (Å²) < 4.78 is 0. The van der Waals surface area contributed by atoms with E-state index in [0.29, 0.717) is 0 Å². The van der Waals surface area contributed by atoms with Gasteiger partial charge in [-0.25, -0.2) is 0 Å². The van der Waals surface area contributed by atoms with E-state index in [9.17, 15) is 9.59 Å². The van der Waals surface area contributed by atoms with Crippen molar-refractivity contribution in [1.82, 2.24) is 15.1 Å². The fraction of sp³-hybridized carbons (Fsp3) is 0.389. The molecule has 7 nitrogen and oxygen atoms in total. The van der Waals surface area contributed by atoms with E-state index in [1.54, 1.807) is 6.20 Å². The van der Waals surface area contributed by atoms with Crippen molar-refractivity contribution in [2.45, 2.75) is 13.0 Å². The van der Waals surface area contributed by atoms with Crippen LogP contribution in [-0.4, -0.2) is 59.5 Å². The Balaban J connectivity index is 1.82. The Labute approximate surface area is 147 Å². The summed E-state index contributed by atoms with van der Waals surface area (Å²) in [6.07, 6.45) is 1.40. The molecule has 0 aromatic heterocycles. The van der Waals surface area contributed by atoms with E-state index in [0.717, 1.165) is 32.7 Å². The van der Waals surface area contributed by atoms with Crippen LogP contribution in [0, 0.1) is 11.3 Å². The van der Waals surface area contributed by atoms with Crippen LogP contribution in [0.5, 0.6) is 0 Å². The van der Waals surface area contributed by atoms with Crippen LogP contribution >= 0.6 is 0 Å². The van der Waals surface area contributed by atoms with Crippen molar-refractivity contribution in [2.75, 3.05) is 32.7 Å². The van der Waals surface area contributed by atoms with Crippen molar-refractivity contribution in [2.24, 2.45) is 0 Å². The third kappa shape index (κ3) is 6.28. The van der Waals surface area contributed by atoms with E-state index in [2.05, 4.69) is 22.3 Å². The quantitative estimate of drug-likeness (QED) is 0.562. The topological polar surface area (TPSA) is 96.7 Å². The van der Waals surface area contributed by atoms with E-state index >= 15 is 0 Å². The molecule has 0 radical (unpaired) electrons. The van der Waals surface area contributed by atoms with Gasteiger partial charge in [-0.3, -0.25) is 14.5 Å². The first-order chi connectivity index (χ1) is 12.1. The average Bonchev–Trinajstić information content (AvgIpc) is 2.61. The standard InChI is InChI=1S/C18H22N4O3/c19-12-16(18(25)20-7-6-17(23)24)14-22-10-8-21(9-11-22)13-15-4-2-1-3-5-15/h1-5,14H,6-11,13H2,(H,20,25)(H,23,24)/b16-14-. The average molecular weight is 342 g/mol. The number of benzene rings is 1. The lowest BCUT2D eigenvalue weighted by molar-refractivity contribution is -0.136. The molecule has 2 rings (SSSR count). The van der Waals surface area contributed by atoms with Gasteiger partial charge < -0.3 is 15.3 Å². The minimum absolute atomic E-state index is 0.00176. The Morgan fingerprint density at radius 1 is 1.20 bits per heavy atom. The second-order valence-electron chi connectivity index (χ2n) is 5.85. The zero-order valence-corrected chi connectivity index (χ0v) is 14.0. The van der Waals surface area contributed by atoms with Crippen molar-refractivity contribution < 1.29 is 14.7 Å². The summed E-state index contributed by atoms with van der Waals surface area (Å²) >= 11 is 0. The van der Waals surface area contributed by atoms with Gasteiger partial charge in [-0.2, -0.15) is 5.26 Å². The molecule has 132 valence electrons. The van der Waals surface area contributed by atoms with Crippen molar-refractivity contribution in [3.63, 3.8) is 0 Å². The summed E-state index contributed by atoms with van der Waals surface area (Å²) in [6.45, 7) is 4.08. The van der Waals surface area contributed by atoms with Crippen molar-refractivity contribution >= 4 is 11.9 Å². The highest BCUT2D eigenvalue weighted by molar-refractivity contribution is 5.97. The Morgan fingerprint density at radius 3 is 2.48 bits per heavy atom. The smallest absolute Gasteiger partial charge is 0.305 e. The number of nitrogens with zero attached hydrogens (tertiary/aromatic N) is 3. The minimum atomic E-state index is -0.989. The molecular formula is C18H22N4O3. The molecule has 7 heteroatoms. The van der Waals surface area contributed by atoms with Crippen molar-refractivity contribution in [1.29, 1.82) is 5.26 Å². The fourth-order valence-electron chi connectivity index (χ4n) is 2.59. The fourth-order valence-corrected chi connectivity index (χ4v) is 2.59. The normalized spacial score (nSPS) is 15.5. The molecule has 25 heavy (non-hydrogen) atoms. The number of carbonyl (C=O) groups is 2. The lowest BCUT2D eigenvalue weighted by Gasteiger charge is -2.34. The molecule has 1 amide bonds.